The number of carbonyl (C=O) groups is 4. The van der Waals surface area contributed by atoms with E-state index in [1.165, 1.54) is 16.7 Å². The highest BCUT2D eigenvalue weighted by Gasteiger charge is 2.31. The van der Waals surface area contributed by atoms with Crippen LogP contribution < -0.4 is 5.32 Å². The number of fused-ring (bicyclic) bond motifs is 1. The predicted octanol–water partition coefficient (Wildman–Crippen LogP) is 3.48. The molecule has 2 aliphatic heterocycles. The summed E-state index contributed by atoms with van der Waals surface area (Å²) in [6.45, 7) is 0.449. The van der Waals surface area contributed by atoms with Crippen molar-refractivity contribution in [1.82, 2.24) is 15.2 Å². The first-order valence-electron chi connectivity index (χ1n) is 10.3. The molecular weight excluding hydrogens is 462 g/mol. The second-order valence-electron chi connectivity index (χ2n) is 7.53. The van der Waals surface area contributed by atoms with Crippen LogP contribution in [0.3, 0.4) is 0 Å². The van der Waals surface area contributed by atoms with Gasteiger partial charge in [0.15, 0.2) is 0 Å². The molecule has 1 fully saturated rings. The number of aliphatic carboxylic acids is 1. The monoisotopic (exact) mass is 481 g/mol. The Hall–Kier alpha value is -3.37. The van der Waals surface area contributed by atoms with Crippen molar-refractivity contribution in [2.45, 2.75) is 25.7 Å². The number of unbranched alkanes of at least 4 members (excludes halogenated alkanes) is 2. The molecule has 3 amide bonds. The summed E-state index contributed by atoms with van der Waals surface area (Å²) in [4.78, 5) is 53.7. The van der Waals surface area contributed by atoms with Crippen molar-refractivity contribution in [3.63, 3.8) is 0 Å². The fourth-order valence-electron chi connectivity index (χ4n) is 3.57. The fourth-order valence-corrected chi connectivity index (χ4v) is 4.86. The van der Waals surface area contributed by atoms with Crippen LogP contribution in [0.1, 0.15) is 52.1 Å². The number of carboxylic acids is 1. The first kappa shape index (κ1) is 22.8. The number of aromatic nitrogens is 1. The Labute approximate surface area is 199 Å². The normalized spacial score (nSPS) is 16.5. The van der Waals surface area contributed by atoms with Crippen molar-refractivity contribution in [2.75, 3.05) is 6.54 Å². The molecule has 0 unspecified atom stereocenters. The first-order chi connectivity index (χ1) is 15.8. The Balaban J connectivity index is 1.47. The third-order valence-electron chi connectivity index (χ3n) is 5.23. The highest BCUT2D eigenvalue weighted by Crippen LogP contribution is 2.33. The molecule has 1 aromatic heterocycles. The second kappa shape index (κ2) is 9.63. The molecule has 1 saturated heterocycles. The summed E-state index contributed by atoms with van der Waals surface area (Å²) >= 11 is 6.55. The zero-order valence-corrected chi connectivity index (χ0v) is 19.0. The van der Waals surface area contributed by atoms with Gasteiger partial charge in [-0.05, 0) is 43.2 Å². The number of rotatable bonds is 8. The van der Waals surface area contributed by atoms with Gasteiger partial charge in [-0.15, -0.1) is 0 Å². The molecule has 2 N–H and O–H groups in total. The van der Waals surface area contributed by atoms with E-state index in [2.05, 4.69) is 10.3 Å². The lowest BCUT2D eigenvalue weighted by molar-refractivity contribution is -0.137. The Morgan fingerprint density at radius 2 is 1.88 bits per heavy atom. The SMILES string of the molecule is O=C(O)CCCCCN1C(=O)/C(=C/c2cccc(-c3ccc4c(c3)C(=O)NC4=O)n2)SC1=S. The molecule has 0 saturated carbocycles. The number of carboxylic acid groups (broad SMARTS) is 1. The van der Waals surface area contributed by atoms with Crippen molar-refractivity contribution in [1.29, 1.82) is 0 Å². The van der Waals surface area contributed by atoms with Crippen molar-refractivity contribution >= 4 is 58.1 Å². The standard InChI is InChI=1S/C23H19N3O5S2/c27-19(28)7-2-1-3-10-26-22(31)18(33-23(26)32)12-14-5-4-6-17(24-14)13-8-9-15-16(11-13)21(30)25-20(15)29/h4-6,8-9,11-12H,1-3,7,10H2,(H,27,28)(H,25,29,30)/b18-12-. The average molecular weight is 482 g/mol. The summed E-state index contributed by atoms with van der Waals surface area (Å²) < 4.78 is 0.468. The molecule has 3 heterocycles. The van der Waals surface area contributed by atoms with E-state index in [1.807, 2.05) is 0 Å². The van der Waals surface area contributed by atoms with Crippen LogP contribution in [0, 0.1) is 0 Å². The summed E-state index contributed by atoms with van der Waals surface area (Å²) in [5.74, 6) is -1.86. The number of thiocarbonyl (C=S) groups is 1. The lowest BCUT2D eigenvalue weighted by atomic mass is 10.0. The fraction of sp³-hybridized carbons (Fsp3) is 0.217. The minimum Gasteiger partial charge on any atom is -0.481 e. The van der Waals surface area contributed by atoms with Gasteiger partial charge in [0.05, 0.1) is 27.4 Å². The molecule has 8 nitrogen and oxygen atoms in total. The van der Waals surface area contributed by atoms with E-state index in [0.717, 1.165) is 0 Å². The number of pyridine rings is 1. The van der Waals surface area contributed by atoms with Gasteiger partial charge in [0.1, 0.15) is 4.32 Å². The Bertz CT molecular complexity index is 1220. The smallest absolute Gasteiger partial charge is 0.303 e. The van der Waals surface area contributed by atoms with Crippen LogP contribution in [-0.2, 0) is 9.59 Å². The molecule has 2 aromatic rings. The summed E-state index contributed by atoms with van der Waals surface area (Å²) in [5, 5.41) is 11.0. The minimum absolute atomic E-state index is 0.117. The van der Waals surface area contributed by atoms with E-state index in [9.17, 15) is 19.2 Å². The van der Waals surface area contributed by atoms with E-state index < -0.39 is 17.8 Å². The van der Waals surface area contributed by atoms with Gasteiger partial charge in [-0.25, -0.2) is 4.98 Å². The van der Waals surface area contributed by atoms with E-state index in [4.69, 9.17) is 17.3 Å². The van der Waals surface area contributed by atoms with Gasteiger partial charge in [-0.1, -0.05) is 42.5 Å². The van der Waals surface area contributed by atoms with Gasteiger partial charge in [-0.2, -0.15) is 0 Å². The van der Waals surface area contributed by atoms with Crippen LogP contribution in [0.25, 0.3) is 17.3 Å². The van der Waals surface area contributed by atoms with Crippen molar-refractivity contribution in [3.05, 3.63) is 58.1 Å². The Kier molecular flexibility index (Phi) is 6.66. The zero-order valence-electron chi connectivity index (χ0n) is 17.4. The average Bonchev–Trinajstić information content (AvgIpc) is 3.22. The lowest BCUT2D eigenvalue weighted by Gasteiger charge is -2.13. The third-order valence-corrected chi connectivity index (χ3v) is 6.60. The number of thioether (sulfide) groups is 1. The van der Waals surface area contributed by atoms with Crippen molar-refractivity contribution < 1.29 is 24.3 Å². The summed E-state index contributed by atoms with van der Waals surface area (Å²) in [7, 11) is 0. The van der Waals surface area contributed by atoms with Crippen LogP contribution in [0.15, 0.2) is 41.3 Å². The van der Waals surface area contributed by atoms with E-state index in [0.29, 0.717) is 63.1 Å². The number of hydrogen-bond acceptors (Lipinski definition) is 7. The number of imide groups is 1. The van der Waals surface area contributed by atoms with Crippen molar-refractivity contribution in [2.24, 2.45) is 0 Å². The molecule has 4 rings (SSSR count). The summed E-state index contributed by atoms with van der Waals surface area (Å²) in [6, 6.07) is 10.3. The van der Waals surface area contributed by atoms with E-state index >= 15 is 0 Å². The second-order valence-corrected chi connectivity index (χ2v) is 9.20. The number of amides is 3. The number of hydrogen-bond donors (Lipinski definition) is 2. The summed E-state index contributed by atoms with van der Waals surface area (Å²) in [5.41, 5.74) is 2.51. The number of carbonyl (C=O) groups excluding carboxylic acids is 3. The van der Waals surface area contributed by atoms with Gasteiger partial charge in [0.2, 0.25) is 0 Å². The van der Waals surface area contributed by atoms with Crippen molar-refractivity contribution in [3.8, 4) is 11.3 Å². The molecule has 33 heavy (non-hydrogen) atoms. The van der Waals surface area contributed by atoms with E-state index in [-0.39, 0.29) is 12.3 Å². The Morgan fingerprint density at radius 3 is 2.67 bits per heavy atom. The minimum atomic E-state index is -0.824. The molecule has 1 aromatic carbocycles. The largest absolute Gasteiger partial charge is 0.481 e. The first-order valence-corrected chi connectivity index (χ1v) is 11.5. The summed E-state index contributed by atoms with van der Waals surface area (Å²) in [6.07, 6.45) is 3.74. The predicted molar refractivity (Wildman–Crippen MR) is 127 cm³/mol. The molecule has 0 radical (unpaired) electrons. The number of nitrogens with one attached hydrogen (secondary N) is 1. The van der Waals surface area contributed by atoms with Gasteiger partial charge in [0.25, 0.3) is 17.7 Å². The molecule has 0 aliphatic carbocycles. The highest BCUT2D eigenvalue weighted by molar-refractivity contribution is 8.26. The van der Waals surface area contributed by atoms with Gasteiger partial charge in [-0.3, -0.25) is 29.4 Å². The van der Waals surface area contributed by atoms with Gasteiger partial charge in [0, 0.05) is 18.5 Å². The molecule has 168 valence electrons. The molecule has 10 heteroatoms. The maximum absolute atomic E-state index is 12.8. The maximum Gasteiger partial charge on any atom is 0.303 e. The van der Waals surface area contributed by atoms with Crippen LogP contribution in [0.4, 0.5) is 0 Å². The highest BCUT2D eigenvalue weighted by atomic mass is 32.2. The van der Waals surface area contributed by atoms with Gasteiger partial charge < -0.3 is 5.11 Å². The lowest BCUT2D eigenvalue weighted by Crippen LogP contribution is -2.29. The van der Waals surface area contributed by atoms with Crippen LogP contribution in [0.2, 0.25) is 0 Å². The number of benzene rings is 1. The van der Waals surface area contributed by atoms with Crippen LogP contribution >= 0.6 is 24.0 Å². The molecule has 0 atom stereocenters. The molecule has 2 aliphatic rings. The Morgan fingerprint density at radius 1 is 1.09 bits per heavy atom. The molecule has 0 spiro atoms. The topological polar surface area (TPSA) is 117 Å². The third kappa shape index (κ3) is 5.01. The number of nitrogens with zero attached hydrogens (tertiary/aromatic N) is 2. The van der Waals surface area contributed by atoms with E-state index in [1.54, 1.807) is 42.5 Å². The zero-order chi connectivity index (χ0) is 23.5. The molecule has 0 bridgehead atoms. The van der Waals surface area contributed by atoms with Crippen LogP contribution in [-0.4, -0.2) is 49.5 Å². The quantitative estimate of drug-likeness (QED) is 0.255. The molecular formula is C23H19N3O5S2. The van der Waals surface area contributed by atoms with Gasteiger partial charge >= 0.3 is 5.97 Å². The maximum atomic E-state index is 12.8. The van der Waals surface area contributed by atoms with Crippen LogP contribution in [0.5, 0.6) is 0 Å².